The van der Waals surface area contributed by atoms with Crippen LogP contribution < -0.4 is 5.73 Å². The van der Waals surface area contributed by atoms with Crippen molar-refractivity contribution in [2.75, 3.05) is 26.2 Å². The van der Waals surface area contributed by atoms with E-state index in [0.29, 0.717) is 0 Å². The van der Waals surface area contributed by atoms with E-state index < -0.39 is 0 Å². The summed E-state index contributed by atoms with van der Waals surface area (Å²) in [7, 11) is 0. The molecular weight excluding hydrogens is 298 g/mol. The van der Waals surface area contributed by atoms with Crippen LogP contribution in [-0.4, -0.2) is 47.9 Å². The lowest BCUT2D eigenvalue weighted by Crippen LogP contribution is -2.45. The largest absolute Gasteiger partial charge is 0.340 e. The molecule has 1 saturated heterocycles. The molecule has 1 atom stereocenters. The van der Waals surface area contributed by atoms with E-state index in [0.717, 1.165) is 57.0 Å². The summed E-state index contributed by atoms with van der Waals surface area (Å²) in [5.41, 5.74) is 7.22. The highest BCUT2D eigenvalue weighted by Crippen LogP contribution is 2.13. The molecule has 2 rings (SSSR count). The van der Waals surface area contributed by atoms with Gasteiger partial charge in [-0.25, -0.2) is 0 Å². The molecule has 1 aliphatic rings. The van der Waals surface area contributed by atoms with Crippen LogP contribution in [0.2, 0.25) is 5.02 Å². The Kier molecular flexibility index (Phi) is 6.68. The number of carbonyl (C=O) groups excluding carboxylic acids is 1. The molecule has 1 aliphatic heterocycles. The smallest absolute Gasteiger partial charge is 0.239 e. The number of rotatable bonds is 5. The number of hydrogen-bond acceptors (Lipinski definition) is 3. The second kappa shape index (κ2) is 8.51. The second-order valence-electron chi connectivity index (χ2n) is 5.98. The van der Waals surface area contributed by atoms with E-state index in [4.69, 9.17) is 17.3 Å². The predicted octanol–water partition coefficient (Wildman–Crippen LogP) is 2.50. The molecule has 4 nitrogen and oxygen atoms in total. The Balaban J connectivity index is 1.86. The van der Waals surface area contributed by atoms with Gasteiger partial charge in [-0.3, -0.25) is 9.69 Å². The van der Waals surface area contributed by atoms with Crippen molar-refractivity contribution >= 4 is 17.5 Å². The van der Waals surface area contributed by atoms with Gasteiger partial charge in [0.1, 0.15) is 0 Å². The minimum Gasteiger partial charge on any atom is -0.340 e. The maximum Gasteiger partial charge on any atom is 0.239 e. The van der Waals surface area contributed by atoms with Crippen molar-refractivity contribution in [1.29, 1.82) is 0 Å². The minimum absolute atomic E-state index is 0.107. The molecule has 1 heterocycles. The molecule has 1 aromatic carbocycles. The highest BCUT2D eigenvalue weighted by Gasteiger charge is 2.23. The third kappa shape index (κ3) is 4.97. The molecule has 1 unspecified atom stereocenters. The summed E-state index contributed by atoms with van der Waals surface area (Å²) in [4.78, 5) is 16.6. The monoisotopic (exact) mass is 323 g/mol. The highest BCUT2D eigenvalue weighted by atomic mass is 35.5. The lowest BCUT2D eigenvalue weighted by molar-refractivity contribution is -0.132. The number of nitrogens with two attached hydrogens (primary N) is 1. The third-order valence-corrected chi connectivity index (χ3v) is 4.39. The fourth-order valence-electron chi connectivity index (χ4n) is 2.87. The molecule has 1 fully saturated rings. The summed E-state index contributed by atoms with van der Waals surface area (Å²) in [6.45, 7) is 6.45. The number of amides is 1. The van der Waals surface area contributed by atoms with Crippen molar-refractivity contribution in [2.45, 2.75) is 38.8 Å². The molecule has 2 N–H and O–H groups in total. The molecule has 22 heavy (non-hydrogen) atoms. The average molecular weight is 324 g/mol. The van der Waals surface area contributed by atoms with Crippen LogP contribution >= 0.6 is 11.6 Å². The average Bonchev–Trinajstić information content (AvgIpc) is 2.75. The zero-order chi connectivity index (χ0) is 15.9. The first-order valence-electron chi connectivity index (χ1n) is 8.11. The molecule has 0 aromatic heterocycles. The van der Waals surface area contributed by atoms with Gasteiger partial charge >= 0.3 is 0 Å². The quantitative estimate of drug-likeness (QED) is 0.905. The number of halogens is 1. The zero-order valence-electron chi connectivity index (χ0n) is 13.3. The normalized spacial score (nSPS) is 18.0. The zero-order valence-corrected chi connectivity index (χ0v) is 14.1. The van der Waals surface area contributed by atoms with E-state index in [1.54, 1.807) is 0 Å². The first kappa shape index (κ1) is 17.3. The summed E-state index contributed by atoms with van der Waals surface area (Å²) in [5, 5.41) is 0.765. The highest BCUT2D eigenvalue weighted by molar-refractivity contribution is 6.30. The van der Waals surface area contributed by atoms with Crippen LogP contribution in [-0.2, 0) is 11.3 Å². The fourth-order valence-corrected chi connectivity index (χ4v) is 2.99. The van der Waals surface area contributed by atoms with E-state index in [9.17, 15) is 4.79 Å². The summed E-state index contributed by atoms with van der Waals surface area (Å²) < 4.78 is 0. The van der Waals surface area contributed by atoms with Gasteiger partial charge in [-0.1, -0.05) is 37.1 Å². The second-order valence-corrected chi connectivity index (χ2v) is 6.41. The van der Waals surface area contributed by atoms with Crippen molar-refractivity contribution in [1.82, 2.24) is 9.80 Å². The van der Waals surface area contributed by atoms with Gasteiger partial charge in [0.05, 0.1) is 6.04 Å². The molecule has 122 valence electrons. The lowest BCUT2D eigenvalue weighted by Gasteiger charge is -2.24. The van der Waals surface area contributed by atoms with Gasteiger partial charge in [0, 0.05) is 37.7 Å². The van der Waals surface area contributed by atoms with Gasteiger partial charge < -0.3 is 10.6 Å². The van der Waals surface area contributed by atoms with Crippen LogP contribution in [0, 0.1) is 0 Å². The Labute approximate surface area is 138 Å². The molecule has 5 heteroatoms. The number of hydrogen-bond donors (Lipinski definition) is 1. The van der Waals surface area contributed by atoms with Gasteiger partial charge in [0.2, 0.25) is 5.91 Å². The number of nitrogens with zero attached hydrogens (tertiary/aromatic N) is 2. The van der Waals surface area contributed by atoms with Crippen LogP contribution in [0.1, 0.15) is 31.7 Å². The molecular formula is C17H26ClN3O. The van der Waals surface area contributed by atoms with Crippen molar-refractivity contribution in [3.05, 3.63) is 34.9 Å². The SMILES string of the molecule is CCCC(N)C(=O)N1CCCN(Cc2ccc(Cl)cc2)CC1. The van der Waals surface area contributed by atoms with Crippen LogP contribution in [0.4, 0.5) is 0 Å². The summed E-state index contributed by atoms with van der Waals surface area (Å²) in [5.74, 6) is 0.107. The van der Waals surface area contributed by atoms with E-state index in [2.05, 4.69) is 24.0 Å². The van der Waals surface area contributed by atoms with Crippen LogP contribution in [0.3, 0.4) is 0 Å². The summed E-state index contributed by atoms with van der Waals surface area (Å²) in [6.07, 6.45) is 2.71. The van der Waals surface area contributed by atoms with Crippen molar-refractivity contribution in [3.63, 3.8) is 0 Å². The van der Waals surface area contributed by atoms with E-state index in [-0.39, 0.29) is 11.9 Å². The Morgan fingerprint density at radius 1 is 1.23 bits per heavy atom. The molecule has 0 saturated carbocycles. The standard InChI is InChI=1S/C17H26ClN3O/c1-2-4-16(19)17(22)21-10-3-9-20(11-12-21)13-14-5-7-15(18)8-6-14/h5-8,16H,2-4,9-13,19H2,1H3. The maximum absolute atomic E-state index is 12.3. The first-order valence-corrected chi connectivity index (χ1v) is 8.49. The Morgan fingerprint density at radius 3 is 2.64 bits per heavy atom. The van der Waals surface area contributed by atoms with E-state index in [1.807, 2.05) is 17.0 Å². The van der Waals surface area contributed by atoms with Crippen molar-refractivity contribution < 1.29 is 4.79 Å². The first-order chi connectivity index (χ1) is 10.6. The van der Waals surface area contributed by atoms with Gasteiger partial charge in [0.25, 0.3) is 0 Å². The van der Waals surface area contributed by atoms with Crippen LogP contribution in [0.25, 0.3) is 0 Å². The molecule has 0 aliphatic carbocycles. The van der Waals surface area contributed by atoms with Crippen molar-refractivity contribution in [2.24, 2.45) is 5.73 Å². The lowest BCUT2D eigenvalue weighted by atomic mass is 10.1. The topological polar surface area (TPSA) is 49.6 Å². The van der Waals surface area contributed by atoms with Gasteiger partial charge in [-0.05, 0) is 30.5 Å². The predicted molar refractivity (Wildman–Crippen MR) is 90.8 cm³/mol. The summed E-state index contributed by atoms with van der Waals surface area (Å²) in [6, 6.07) is 7.64. The molecule has 0 bridgehead atoms. The van der Waals surface area contributed by atoms with Crippen LogP contribution in [0.5, 0.6) is 0 Å². The molecule has 0 spiro atoms. The number of carbonyl (C=O) groups is 1. The maximum atomic E-state index is 12.3. The Hall–Kier alpha value is -1.10. The number of benzene rings is 1. The van der Waals surface area contributed by atoms with Crippen molar-refractivity contribution in [3.8, 4) is 0 Å². The Morgan fingerprint density at radius 2 is 1.95 bits per heavy atom. The fraction of sp³-hybridized carbons (Fsp3) is 0.588. The molecule has 0 radical (unpaired) electrons. The van der Waals surface area contributed by atoms with Gasteiger partial charge in [-0.15, -0.1) is 0 Å². The minimum atomic E-state index is -0.340. The molecule has 1 aromatic rings. The third-order valence-electron chi connectivity index (χ3n) is 4.14. The van der Waals surface area contributed by atoms with Gasteiger partial charge in [0.15, 0.2) is 0 Å². The van der Waals surface area contributed by atoms with E-state index in [1.165, 1.54) is 5.56 Å². The van der Waals surface area contributed by atoms with Gasteiger partial charge in [-0.2, -0.15) is 0 Å². The Bertz CT molecular complexity index is 477. The molecule has 1 amide bonds. The van der Waals surface area contributed by atoms with E-state index >= 15 is 0 Å². The van der Waals surface area contributed by atoms with Crippen LogP contribution in [0.15, 0.2) is 24.3 Å². The summed E-state index contributed by atoms with van der Waals surface area (Å²) >= 11 is 5.92.